The molecular formula is C25H28N2O4. The van der Waals surface area contributed by atoms with E-state index >= 15 is 0 Å². The Morgan fingerprint density at radius 1 is 1.03 bits per heavy atom. The molecule has 2 amide bonds. The molecule has 1 N–H and O–H groups in total. The quantitative estimate of drug-likeness (QED) is 0.571. The number of benzene rings is 2. The summed E-state index contributed by atoms with van der Waals surface area (Å²) >= 11 is 0. The highest BCUT2D eigenvalue weighted by molar-refractivity contribution is 6.24. The van der Waals surface area contributed by atoms with Crippen LogP contribution in [0.1, 0.15) is 43.9 Å². The molecule has 2 aliphatic rings. The van der Waals surface area contributed by atoms with Crippen molar-refractivity contribution in [3.05, 3.63) is 65.7 Å². The van der Waals surface area contributed by atoms with Crippen LogP contribution < -0.4 is 10.2 Å². The van der Waals surface area contributed by atoms with Gasteiger partial charge in [0.15, 0.2) is 0 Å². The maximum atomic E-state index is 13.7. The summed E-state index contributed by atoms with van der Waals surface area (Å²) < 4.78 is 5.45. The van der Waals surface area contributed by atoms with Crippen molar-refractivity contribution in [3.63, 3.8) is 0 Å². The molecule has 0 spiro atoms. The van der Waals surface area contributed by atoms with Crippen LogP contribution in [0.4, 0.5) is 5.69 Å². The second-order valence-corrected chi connectivity index (χ2v) is 8.27. The maximum absolute atomic E-state index is 13.7. The number of esters is 1. The van der Waals surface area contributed by atoms with Gasteiger partial charge < -0.3 is 4.74 Å². The van der Waals surface area contributed by atoms with E-state index in [-0.39, 0.29) is 18.4 Å². The first-order chi connectivity index (χ1) is 15.0. The fraction of sp³-hybridized carbons (Fsp3) is 0.400. The molecule has 31 heavy (non-hydrogen) atoms. The molecule has 2 fully saturated rings. The predicted octanol–water partition coefficient (Wildman–Crippen LogP) is 3.55. The molecule has 6 nitrogen and oxygen atoms in total. The number of ether oxygens (including phenoxy) is 1. The standard InChI is InChI=1S/C25H28N2O4/c1-4-15-25(24(30)31-5-2)20-19(21(26-25)18-14-10-9-11-16(18)3)22(28)27(23(20)29)17-12-7-6-8-13-17/h6-14,19-21,26H,4-5,15H2,1-3H3/t19-,20+,21-,25-/m0/s1. The number of carbonyl (C=O) groups is 3. The Morgan fingerprint density at radius 2 is 1.71 bits per heavy atom. The molecule has 2 saturated heterocycles. The first-order valence-electron chi connectivity index (χ1n) is 10.9. The zero-order valence-corrected chi connectivity index (χ0v) is 18.1. The maximum Gasteiger partial charge on any atom is 0.327 e. The normalized spacial score (nSPS) is 27.5. The second-order valence-electron chi connectivity index (χ2n) is 8.27. The third-order valence-corrected chi connectivity index (χ3v) is 6.48. The molecule has 0 aliphatic carbocycles. The summed E-state index contributed by atoms with van der Waals surface area (Å²) in [4.78, 5) is 41.9. The third-order valence-electron chi connectivity index (χ3n) is 6.48. The summed E-state index contributed by atoms with van der Waals surface area (Å²) in [6.07, 6.45) is 1.08. The number of para-hydroxylation sites is 1. The molecular weight excluding hydrogens is 392 g/mol. The van der Waals surface area contributed by atoms with Gasteiger partial charge in [-0.05, 0) is 43.5 Å². The summed E-state index contributed by atoms with van der Waals surface area (Å²) in [6, 6.07) is 16.3. The second kappa shape index (κ2) is 8.27. The lowest BCUT2D eigenvalue weighted by atomic mass is 9.76. The van der Waals surface area contributed by atoms with Crippen LogP contribution in [0.15, 0.2) is 54.6 Å². The average molecular weight is 421 g/mol. The Hall–Kier alpha value is -2.99. The molecule has 0 aromatic heterocycles. The van der Waals surface area contributed by atoms with Gasteiger partial charge in [-0.3, -0.25) is 19.7 Å². The van der Waals surface area contributed by atoms with Crippen LogP contribution in [-0.2, 0) is 19.1 Å². The largest absolute Gasteiger partial charge is 0.465 e. The van der Waals surface area contributed by atoms with Crippen LogP contribution >= 0.6 is 0 Å². The number of amides is 2. The lowest BCUT2D eigenvalue weighted by Crippen LogP contribution is -2.56. The van der Waals surface area contributed by atoms with Gasteiger partial charge in [0.05, 0.1) is 24.1 Å². The molecule has 2 aliphatic heterocycles. The van der Waals surface area contributed by atoms with Gasteiger partial charge in [0.25, 0.3) is 0 Å². The smallest absolute Gasteiger partial charge is 0.327 e. The number of anilines is 1. The zero-order chi connectivity index (χ0) is 22.2. The number of carbonyl (C=O) groups excluding carboxylic acids is 3. The van der Waals surface area contributed by atoms with E-state index in [1.807, 2.05) is 44.2 Å². The molecule has 4 atom stereocenters. The van der Waals surface area contributed by atoms with Gasteiger partial charge in [0, 0.05) is 6.04 Å². The molecule has 4 rings (SSSR count). The highest BCUT2D eigenvalue weighted by Crippen LogP contribution is 2.52. The number of nitrogens with one attached hydrogen (secondary N) is 1. The number of nitrogens with zero attached hydrogens (tertiary/aromatic N) is 1. The van der Waals surface area contributed by atoms with Gasteiger partial charge in [-0.2, -0.15) is 0 Å². The minimum atomic E-state index is -1.24. The summed E-state index contributed by atoms with van der Waals surface area (Å²) in [6.45, 7) is 5.91. The number of hydrogen-bond donors (Lipinski definition) is 1. The fourth-order valence-corrected chi connectivity index (χ4v) is 5.21. The number of aryl methyl sites for hydroxylation is 1. The van der Waals surface area contributed by atoms with Crippen LogP contribution in [-0.4, -0.2) is 29.9 Å². The third kappa shape index (κ3) is 3.26. The summed E-state index contributed by atoms with van der Waals surface area (Å²) in [5, 5.41) is 3.44. The predicted molar refractivity (Wildman–Crippen MR) is 117 cm³/mol. The Kier molecular flexibility index (Phi) is 5.67. The SMILES string of the molecule is CCC[C@]1(C(=O)OCC)N[C@@H](c2ccccc2C)[C@H]2C(=O)N(c3ccccc3)C(=O)[C@@H]21. The highest BCUT2D eigenvalue weighted by atomic mass is 16.5. The van der Waals surface area contributed by atoms with Crippen molar-refractivity contribution in [1.82, 2.24) is 5.32 Å². The van der Waals surface area contributed by atoms with E-state index in [1.165, 1.54) is 4.90 Å². The van der Waals surface area contributed by atoms with Crippen molar-refractivity contribution >= 4 is 23.5 Å². The van der Waals surface area contributed by atoms with Crippen LogP contribution in [0.25, 0.3) is 0 Å². The molecule has 6 heteroatoms. The van der Waals surface area contributed by atoms with E-state index in [9.17, 15) is 14.4 Å². The first kappa shape index (κ1) is 21.2. The average Bonchev–Trinajstić information content (AvgIpc) is 3.24. The highest BCUT2D eigenvalue weighted by Gasteiger charge is 2.68. The molecule has 0 saturated carbocycles. The molecule has 0 radical (unpaired) electrons. The van der Waals surface area contributed by atoms with Crippen molar-refractivity contribution in [3.8, 4) is 0 Å². The van der Waals surface area contributed by atoms with Crippen LogP contribution in [0.3, 0.4) is 0 Å². The summed E-state index contributed by atoms with van der Waals surface area (Å²) in [5.41, 5.74) is 1.23. The zero-order valence-electron chi connectivity index (χ0n) is 18.1. The van der Waals surface area contributed by atoms with Crippen LogP contribution in [0.5, 0.6) is 0 Å². The monoisotopic (exact) mass is 420 g/mol. The Labute approximate surface area is 182 Å². The van der Waals surface area contributed by atoms with Crippen LogP contribution in [0, 0.1) is 18.8 Å². The number of imide groups is 1. The first-order valence-corrected chi connectivity index (χ1v) is 10.9. The molecule has 2 aromatic rings. The Balaban J connectivity index is 1.88. The number of rotatable bonds is 6. The number of fused-ring (bicyclic) bond motifs is 1. The molecule has 0 bridgehead atoms. The molecule has 2 heterocycles. The van der Waals surface area contributed by atoms with E-state index in [4.69, 9.17) is 4.74 Å². The topological polar surface area (TPSA) is 75.7 Å². The Morgan fingerprint density at radius 3 is 2.35 bits per heavy atom. The van der Waals surface area contributed by atoms with Gasteiger partial charge in [-0.1, -0.05) is 55.8 Å². The van der Waals surface area contributed by atoms with Crippen molar-refractivity contribution in [2.24, 2.45) is 11.8 Å². The molecule has 162 valence electrons. The van der Waals surface area contributed by atoms with E-state index in [0.29, 0.717) is 18.5 Å². The van der Waals surface area contributed by atoms with Gasteiger partial charge in [0.2, 0.25) is 11.8 Å². The minimum absolute atomic E-state index is 0.211. The van der Waals surface area contributed by atoms with E-state index in [0.717, 1.165) is 11.1 Å². The van der Waals surface area contributed by atoms with Crippen LogP contribution in [0.2, 0.25) is 0 Å². The van der Waals surface area contributed by atoms with Crippen molar-refractivity contribution in [1.29, 1.82) is 0 Å². The lowest BCUT2D eigenvalue weighted by molar-refractivity contribution is -0.155. The van der Waals surface area contributed by atoms with Crippen molar-refractivity contribution in [2.75, 3.05) is 11.5 Å². The van der Waals surface area contributed by atoms with E-state index in [1.54, 1.807) is 31.2 Å². The van der Waals surface area contributed by atoms with Crippen molar-refractivity contribution < 1.29 is 19.1 Å². The van der Waals surface area contributed by atoms with Gasteiger partial charge in [-0.15, -0.1) is 0 Å². The minimum Gasteiger partial charge on any atom is -0.465 e. The Bertz CT molecular complexity index is 1010. The summed E-state index contributed by atoms with van der Waals surface area (Å²) in [5.74, 6) is -2.57. The van der Waals surface area contributed by atoms with Crippen molar-refractivity contribution in [2.45, 2.75) is 45.2 Å². The van der Waals surface area contributed by atoms with E-state index in [2.05, 4.69) is 5.32 Å². The summed E-state index contributed by atoms with van der Waals surface area (Å²) in [7, 11) is 0. The van der Waals surface area contributed by atoms with Gasteiger partial charge in [0.1, 0.15) is 5.54 Å². The molecule has 0 unspecified atom stereocenters. The number of hydrogen-bond acceptors (Lipinski definition) is 5. The van der Waals surface area contributed by atoms with Gasteiger partial charge >= 0.3 is 5.97 Å². The van der Waals surface area contributed by atoms with E-state index < -0.39 is 29.4 Å². The lowest BCUT2D eigenvalue weighted by Gasteiger charge is -2.32. The molecule has 2 aromatic carbocycles. The van der Waals surface area contributed by atoms with Gasteiger partial charge in [-0.25, -0.2) is 4.90 Å². The fourth-order valence-electron chi connectivity index (χ4n) is 5.21.